The zero-order chi connectivity index (χ0) is 8.85. The molecule has 0 aliphatic carbocycles. The highest BCUT2D eigenvalue weighted by molar-refractivity contribution is 7.74. The van der Waals surface area contributed by atoms with Crippen molar-refractivity contribution < 1.29 is 17.7 Å². The van der Waals surface area contributed by atoms with Crippen LogP contribution in [-0.2, 0) is 20.3 Å². The maximum absolute atomic E-state index is 10.2. The lowest BCUT2D eigenvalue weighted by atomic mass is 10.2. The summed E-state index contributed by atoms with van der Waals surface area (Å²) in [6, 6.07) is -0.622. The van der Waals surface area contributed by atoms with E-state index in [1.165, 1.54) is 0 Å². The van der Waals surface area contributed by atoms with Crippen LogP contribution in [0.2, 0.25) is 0 Å². The Balaban J connectivity index is 3.44. The molecule has 0 aromatic carbocycles. The lowest BCUT2D eigenvalue weighted by molar-refractivity contribution is -0.118. The van der Waals surface area contributed by atoms with E-state index in [4.69, 9.17) is 16.0 Å². The van der Waals surface area contributed by atoms with Crippen molar-refractivity contribution in [3.05, 3.63) is 0 Å². The smallest absolute Gasteiger partial charge is 0.301 e. The monoisotopic (exact) mass is 182 g/mol. The van der Waals surface area contributed by atoms with Crippen molar-refractivity contribution >= 4 is 17.3 Å². The first-order valence-electron chi connectivity index (χ1n) is 2.80. The van der Waals surface area contributed by atoms with Crippen molar-refractivity contribution in [1.29, 1.82) is 0 Å². The molecule has 0 radical (unpaired) electrons. The van der Waals surface area contributed by atoms with Crippen LogP contribution in [0.15, 0.2) is 0 Å². The second-order valence-corrected chi connectivity index (χ2v) is 2.60. The first-order valence-corrected chi connectivity index (χ1v) is 3.83. The van der Waals surface area contributed by atoms with Crippen molar-refractivity contribution in [3.8, 4) is 0 Å². The molecule has 1 amide bonds. The minimum absolute atomic E-state index is 0.0583. The Labute approximate surface area is 66.4 Å². The summed E-state index contributed by atoms with van der Waals surface area (Å²) >= 11 is -2.33. The van der Waals surface area contributed by atoms with Gasteiger partial charge in [0.2, 0.25) is 5.91 Å². The lowest BCUT2D eigenvalue weighted by Crippen LogP contribution is -2.31. The Morgan fingerprint density at radius 1 is 1.73 bits per heavy atom. The van der Waals surface area contributed by atoms with Crippen LogP contribution in [0.1, 0.15) is 6.42 Å². The summed E-state index contributed by atoms with van der Waals surface area (Å²) in [5.74, 6) is -0.565. The lowest BCUT2D eigenvalue weighted by Gasteiger charge is -2.06. The van der Waals surface area contributed by atoms with Crippen LogP contribution in [-0.4, -0.2) is 27.3 Å². The van der Waals surface area contributed by atoms with Crippen LogP contribution in [0.4, 0.5) is 0 Å². The van der Waals surface area contributed by atoms with Crippen LogP contribution in [0.5, 0.6) is 0 Å². The SMILES string of the molecule is NC(=O)CC(N)COS(=O)O. The van der Waals surface area contributed by atoms with Crippen LogP contribution >= 0.6 is 0 Å². The minimum Gasteiger partial charge on any atom is -0.370 e. The molecule has 2 unspecified atom stereocenters. The van der Waals surface area contributed by atoms with E-state index in [-0.39, 0.29) is 13.0 Å². The molecule has 0 aliphatic heterocycles. The van der Waals surface area contributed by atoms with Crippen molar-refractivity contribution in [2.75, 3.05) is 6.61 Å². The van der Waals surface area contributed by atoms with Gasteiger partial charge in [-0.05, 0) is 0 Å². The molecule has 7 heteroatoms. The van der Waals surface area contributed by atoms with Crippen molar-refractivity contribution in [2.45, 2.75) is 12.5 Å². The fraction of sp³-hybridized carbons (Fsp3) is 0.750. The molecule has 0 rings (SSSR count). The van der Waals surface area contributed by atoms with Gasteiger partial charge in [-0.15, -0.1) is 0 Å². The first-order chi connectivity index (χ1) is 5.02. The standard InChI is InChI=1S/C4H10N2O4S/c5-3(1-4(6)7)2-10-11(8)9/h3H,1-2,5H2,(H2,6,7)(H,8,9). The molecule has 11 heavy (non-hydrogen) atoms. The van der Waals surface area contributed by atoms with Gasteiger partial charge in [0, 0.05) is 12.5 Å². The number of amides is 1. The van der Waals surface area contributed by atoms with Gasteiger partial charge >= 0.3 is 11.4 Å². The number of rotatable bonds is 5. The molecule has 5 N–H and O–H groups in total. The van der Waals surface area contributed by atoms with E-state index in [0.29, 0.717) is 0 Å². The molecule has 0 aromatic rings. The average molecular weight is 182 g/mol. The molecule has 0 aliphatic rings. The van der Waals surface area contributed by atoms with E-state index in [1.807, 2.05) is 0 Å². The molecular formula is C4H10N2O4S. The predicted molar refractivity (Wildman–Crippen MR) is 38.5 cm³/mol. The summed E-state index contributed by atoms with van der Waals surface area (Å²) < 4.78 is 22.2. The third-order valence-electron chi connectivity index (χ3n) is 0.846. The number of hydrogen-bond acceptors (Lipinski definition) is 4. The highest BCUT2D eigenvalue weighted by atomic mass is 32.2. The van der Waals surface area contributed by atoms with E-state index < -0.39 is 23.3 Å². The zero-order valence-corrected chi connectivity index (χ0v) is 6.54. The van der Waals surface area contributed by atoms with Gasteiger partial charge in [0.15, 0.2) is 0 Å². The number of carbonyl (C=O) groups is 1. The molecule has 6 nitrogen and oxygen atoms in total. The van der Waals surface area contributed by atoms with Crippen molar-refractivity contribution in [1.82, 2.24) is 0 Å². The van der Waals surface area contributed by atoms with E-state index in [2.05, 4.69) is 4.18 Å². The molecule has 0 aromatic heterocycles. The van der Waals surface area contributed by atoms with Gasteiger partial charge in [-0.3, -0.25) is 13.5 Å². The first kappa shape index (κ1) is 10.5. The van der Waals surface area contributed by atoms with E-state index in [0.717, 1.165) is 0 Å². The molecular weight excluding hydrogens is 172 g/mol. The minimum atomic E-state index is -2.33. The molecule has 2 atom stereocenters. The summed E-state index contributed by atoms with van der Waals surface area (Å²) in [6.07, 6.45) is -0.0583. The van der Waals surface area contributed by atoms with E-state index in [1.54, 1.807) is 0 Å². The number of nitrogens with two attached hydrogens (primary N) is 2. The van der Waals surface area contributed by atoms with Gasteiger partial charge in [-0.25, -0.2) is 0 Å². The Bertz CT molecular complexity index is 162. The van der Waals surface area contributed by atoms with Crippen LogP contribution in [0, 0.1) is 0 Å². The Kier molecular flexibility index (Phi) is 4.95. The summed E-state index contributed by atoms with van der Waals surface area (Å²) in [5.41, 5.74) is 10.0. The number of carbonyl (C=O) groups excluding carboxylic acids is 1. The second-order valence-electron chi connectivity index (χ2n) is 1.93. The summed E-state index contributed by atoms with van der Waals surface area (Å²) in [5, 5.41) is 0. The predicted octanol–water partition coefficient (Wildman–Crippen LogP) is -1.66. The molecule has 0 saturated carbocycles. The highest BCUT2D eigenvalue weighted by Crippen LogP contribution is 1.89. The fourth-order valence-corrected chi connectivity index (χ4v) is 0.754. The Hall–Kier alpha value is -0.500. The Morgan fingerprint density at radius 3 is 2.64 bits per heavy atom. The maximum Gasteiger partial charge on any atom is 0.301 e. The van der Waals surface area contributed by atoms with Gasteiger partial charge in [0.25, 0.3) is 0 Å². The summed E-state index contributed by atoms with van der Waals surface area (Å²) in [6.45, 7) is -0.161. The largest absolute Gasteiger partial charge is 0.370 e. The topological polar surface area (TPSA) is 116 Å². The quantitative estimate of drug-likeness (QED) is 0.440. The summed E-state index contributed by atoms with van der Waals surface area (Å²) in [7, 11) is 0. The molecule has 66 valence electrons. The van der Waals surface area contributed by atoms with Gasteiger partial charge in [0.1, 0.15) is 0 Å². The average Bonchev–Trinajstić information content (AvgIpc) is 1.82. The van der Waals surface area contributed by atoms with Crippen LogP contribution in [0.3, 0.4) is 0 Å². The highest BCUT2D eigenvalue weighted by Gasteiger charge is 2.07. The maximum atomic E-state index is 10.2. The van der Waals surface area contributed by atoms with Crippen LogP contribution in [0.25, 0.3) is 0 Å². The number of hydrogen-bond donors (Lipinski definition) is 3. The zero-order valence-electron chi connectivity index (χ0n) is 5.73. The normalized spacial score (nSPS) is 15.8. The number of primary amides is 1. The molecule has 0 heterocycles. The second kappa shape index (κ2) is 5.19. The molecule has 0 saturated heterocycles. The third kappa shape index (κ3) is 7.40. The summed E-state index contributed by atoms with van der Waals surface area (Å²) in [4.78, 5) is 10.2. The van der Waals surface area contributed by atoms with Gasteiger partial charge < -0.3 is 11.5 Å². The van der Waals surface area contributed by atoms with Crippen molar-refractivity contribution in [2.24, 2.45) is 11.5 Å². The van der Waals surface area contributed by atoms with Gasteiger partial charge in [-0.2, -0.15) is 4.21 Å². The molecule has 0 spiro atoms. The van der Waals surface area contributed by atoms with Gasteiger partial charge in [-0.1, -0.05) is 0 Å². The van der Waals surface area contributed by atoms with Gasteiger partial charge in [0.05, 0.1) is 6.61 Å². The van der Waals surface area contributed by atoms with E-state index in [9.17, 15) is 9.00 Å². The van der Waals surface area contributed by atoms with Crippen molar-refractivity contribution in [3.63, 3.8) is 0 Å². The Morgan fingerprint density at radius 2 is 2.27 bits per heavy atom. The van der Waals surface area contributed by atoms with E-state index >= 15 is 0 Å². The third-order valence-corrected chi connectivity index (χ3v) is 1.18. The fourth-order valence-electron chi connectivity index (χ4n) is 0.463. The molecule has 0 fully saturated rings. The molecule has 0 bridgehead atoms. The van der Waals surface area contributed by atoms with Crippen LogP contribution < -0.4 is 11.5 Å².